The molecule has 1 aromatic heterocycles. The Bertz CT molecular complexity index is 722. The predicted octanol–water partition coefficient (Wildman–Crippen LogP) is 6.08. The summed E-state index contributed by atoms with van der Waals surface area (Å²) in [6.07, 6.45) is 4.19. The molecule has 28 heavy (non-hydrogen) atoms. The van der Waals surface area contributed by atoms with Gasteiger partial charge in [0.25, 0.3) is 0 Å². The second-order valence-electron chi connectivity index (χ2n) is 8.60. The number of unbranched alkanes of at least 4 members (excludes halogenated alkanes) is 2. The van der Waals surface area contributed by atoms with Gasteiger partial charge in [-0.2, -0.15) is 0 Å². The highest BCUT2D eigenvalue weighted by atomic mass is 16.5. The molecule has 0 N–H and O–H groups in total. The van der Waals surface area contributed by atoms with E-state index in [0.29, 0.717) is 6.61 Å². The number of hydrogen-bond donors (Lipinski definition) is 0. The largest absolute Gasteiger partial charge is 0.493 e. The van der Waals surface area contributed by atoms with Crippen LogP contribution in [0.3, 0.4) is 0 Å². The molecule has 1 heterocycles. The second-order valence-corrected chi connectivity index (χ2v) is 8.60. The van der Waals surface area contributed by atoms with Gasteiger partial charge >= 0.3 is 0 Å². The van der Waals surface area contributed by atoms with Crippen LogP contribution in [0.1, 0.15) is 64.6 Å². The van der Waals surface area contributed by atoms with Gasteiger partial charge < -0.3 is 14.2 Å². The Morgan fingerprint density at radius 3 is 2.36 bits per heavy atom. The summed E-state index contributed by atoms with van der Waals surface area (Å²) in [5.41, 5.74) is 3.25. The van der Waals surface area contributed by atoms with Crippen molar-refractivity contribution in [2.75, 3.05) is 26.4 Å². The molecule has 2 aromatic rings. The zero-order chi connectivity index (χ0) is 20.4. The van der Waals surface area contributed by atoms with Crippen LogP contribution in [0.4, 0.5) is 0 Å². The van der Waals surface area contributed by atoms with Crippen molar-refractivity contribution in [1.82, 2.24) is 4.98 Å². The number of fused-ring (bicyclic) bond motifs is 1. The molecule has 0 saturated heterocycles. The van der Waals surface area contributed by atoms with E-state index in [1.165, 1.54) is 0 Å². The monoisotopic (exact) mass is 387 g/mol. The smallest absolute Gasteiger partial charge is 0.133 e. The molecule has 4 nitrogen and oxygen atoms in total. The first-order valence-electron chi connectivity index (χ1n) is 10.6. The zero-order valence-corrected chi connectivity index (χ0v) is 18.3. The van der Waals surface area contributed by atoms with Crippen molar-refractivity contribution in [2.45, 2.75) is 66.9 Å². The van der Waals surface area contributed by atoms with E-state index in [0.717, 1.165) is 80.0 Å². The van der Waals surface area contributed by atoms with Gasteiger partial charge in [0, 0.05) is 24.2 Å². The maximum Gasteiger partial charge on any atom is 0.133 e. The predicted molar refractivity (Wildman–Crippen MR) is 116 cm³/mol. The molecule has 0 aliphatic heterocycles. The van der Waals surface area contributed by atoms with E-state index in [1.54, 1.807) is 0 Å². The summed E-state index contributed by atoms with van der Waals surface area (Å²) in [6.45, 7) is 14.4. The summed E-state index contributed by atoms with van der Waals surface area (Å²) in [5, 5.41) is 1.08. The fourth-order valence-electron chi connectivity index (χ4n) is 2.93. The van der Waals surface area contributed by atoms with Crippen LogP contribution in [0.15, 0.2) is 24.3 Å². The lowest BCUT2D eigenvalue weighted by Gasteiger charge is -2.18. The molecule has 0 unspecified atom stereocenters. The molecule has 156 valence electrons. The van der Waals surface area contributed by atoms with Crippen molar-refractivity contribution >= 4 is 10.9 Å². The summed E-state index contributed by atoms with van der Waals surface area (Å²) in [7, 11) is 0. The molecule has 0 saturated carbocycles. The lowest BCUT2D eigenvalue weighted by molar-refractivity contribution is 0.0595. The van der Waals surface area contributed by atoms with Crippen molar-refractivity contribution in [3.63, 3.8) is 0 Å². The summed E-state index contributed by atoms with van der Waals surface area (Å²) >= 11 is 0. The van der Waals surface area contributed by atoms with E-state index in [2.05, 4.69) is 40.7 Å². The highest BCUT2D eigenvalue weighted by molar-refractivity contribution is 5.86. The first-order valence-corrected chi connectivity index (χ1v) is 10.6. The summed E-state index contributed by atoms with van der Waals surface area (Å²) in [4.78, 5) is 4.81. The maximum atomic E-state index is 6.12. The minimum absolute atomic E-state index is 0.229. The van der Waals surface area contributed by atoms with Gasteiger partial charge in [-0.25, -0.2) is 4.98 Å². The van der Waals surface area contributed by atoms with Crippen LogP contribution in [-0.4, -0.2) is 31.4 Å². The maximum absolute atomic E-state index is 6.12. The minimum atomic E-state index is 0.229. The summed E-state index contributed by atoms with van der Waals surface area (Å²) < 4.78 is 17.7. The van der Waals surface area contributed by atoms with Gasteiger partial charge in [-0.1, -0.05) is 46.2 Å². The highest BCUT2D eigenvalue weighted by Gasteiger charge is 2.13. The van der Waals surface area contributed by atoms with Crippen LogP contribution in [-0.2, 0) is 16.1 Å². The molecule has 2 rings (SSSR count). The molecule has 1 aromatic carbocycles. The Balaban J connectivity index is 1.87. The van der Waals surface area contributed by atoms with Gasteiger partial charge in [0.15, 0.2) is 0 Å². The zero-order valence-electron chi connectivity index (χ0n) is 18.3. The van der Waals surface area contributed by atoms with Crippen LogP contribution in [0.2, 0.25) is 0 Å². The third-order valence-electron chi connectivity index (χ3n) is 4.52. The number of aromatic nitrogens is 1. The molecular weight excluding hydrogens is 350 g/mol. The van der Waals surface area contributed by atoms with Crippen LogP contribution in [0.5, 0.6) is 5.75 Å². The molecule has 0 radical (unpaired) electrons. The van der Waals surface area contributed by atoms with Gasteiger partial charge in [0.1, 0.15) is 5.75 Å². The van der Waals surface area contributed by atoms with Gasteiger partial charge in [0.2, 0.25) is 0 Å². The molecular formula is C24H37NO3. The van der Waals surface area contributed by atoms with Crippen LogP contribution in [0, 0.1) is 12.3 Å². The average Bonchev–Trinajstić information content (AvgIpc) is 2.65. The van der Waals surface area contributed by atoms with Crippen LogP contribution in [0.25, 0.3) is 10.9 Å². The molecule has 0 fully saturated rings. The number of benzene rings is 1. The number of nitrogens with zero attached hydrogens (tertiary/aromatic N) is 1. The molecule has 0 amide bonds. The quantitative estimate of drug-likeness (QED) is 0.414. The summed E-state index contributed by atoms with van der Waals surface area (Å²) in [6, 6.07) is 8.17. The van der Waals surface area contributed by atoms with Crippen LogP contribution < -0.4 is 4.74 Å². The van der Waals surface area contributed by atoms with E-state index in [4.69, 9.17) is 19.2 Å². The Morgan fingerprint density at radius 1 is 0.929 bits per heavy atom. The molecule has 0 spiro atoms. The van der Waals surface area contributed by atoms with E-state index >= 15 is 0 Å². The molecule has 0 bridgehead atoms. The Labute approximate surface area is 170 Å². The normalized spacial score (nSPS) is 11.9. The minimum Gasteiger partial charge on any atom is -0.493 e. The lowest BCUT2D eigenvalue weighted by Crippen LogP contribution is -2.15. The van der Waals surface area contributed by atoms with E-state index in [-0.39, 0.29) is 5.41 Å². The topological polar surface area (TPSA) is 40.6 Å². The molecule has 0 atom stereocenters. The Morgan fingerprint density at radius 2 is 1.64 bits per heavy atom. The van der Waals surface area contributed by atoms with Crippen LogP contribution >= 0.6 is 0 Å². The Kier molecular flexibility index (Phi) is 9.20. The third kappa shape index (κ3) is 7.40. The van der Waals surface area contributed by atoms with E-state index < -0.39 is 0 Å². The van der Waals surface area contributed by atoms with Crippen molar-refractivity contribution in [1.29, 1.82) is 0 Å². The van der Waals surface area contributed by atoms with Gasteiger partial charge in [-0.3, -0.25) is 0 Å². The summed E-state index contributed by atoms with van der Waals surface area (Å²) in [5.74, 6) is 0.952. The van der Waals surface area contributed by atoms with Crippen molar-refractivity contribution < 1.29 is 14.2 Å². The average molecular weight is 388 g/mol. The number of hydrogen-bond acceptors (Lipinski definition) is 4. The number of para-hydroxylation sites is 1. The third-order valence-corrected chi connectivity index (χ3v) is 4.52. The fourth-order valence-corrected chi connectivity index (χ4v) is 2.93. The second kappa shape index (κ2) is 11.4. The Hall–Kier alpha value is -1.65. The molecule has 0 aliphatic rings. The first-order chi connectivity index (χ1) is 13.4. The SMILES string of the molecule is CCCCOc1c(C)c(COCCCCOCC(C)(C)C)nc2ccccc12. The van der Waals surface area contributed by atoms with E-state index in [1.807, 2.05) is 18.2 Å². The highest BCUT2D eigenvalue weighted by Crippen LogP contribution is 2.31. The van der Waals surface area contributed by atoms with Crippen molar-refractivity contribution in [3.8, 4) is 5.75 Å². The van der Waals surface area contributed by atoms with E-state index in [9.17, 15) is 0 Å². The first kappa shape index (κ1) is 22.6. The van der Waals surface area contributed by atoms with Crippen molar-refractivity contribution in [3.05, 3.63) is 35.5 Å². The van der Waals surface area contributed by atoms with Crippen molar-refractivity contribution in [2.24, 2.45) is 5.41 Å². The van der Waals surface area contributed by atoms with Gasteiger partial charge in [0.05, 0.1) is 31.0 Å². The number of rotatable bonds is 12. The van der Waals surface area contributed by atoms with Gasteiger partial charge in [-0.15, -0.1) is 0 Å². The number of ether oxygens (including phenoxy) is 3. The standard InChI is InChI=1S/C24H37NO3/c1-6-7-16-28-23-19(2)22(25-21-13-9-8-12-20(21)23)17-26-14-10-11-15-27-18-24(3,4)5/h8-9,12-13H,6-7,10-11,14-18H2,1-5H3. The lowest BCUT2D eigenvalue weighted by atomic mass is 9.99. The molecule has 4 heteroatoms. The molecule has 0 aliphatic carbocycles. The van der Waals surface area contributed by atoms with Gasteiger partial charge in [-0.05, 0) is 43.7 Å². The fraction of sp³-hybridized carbons (Fsp3) is 0.625. The number of pyridine rings is 1.